The Bertz CT molecular complexity index is 1520. The van der Waals surface area contributed by atoms with Crippen molar-refractivity contribution in [2.45, 2.75) is 19.4 Å². The van der Waals surface area contributed by atoms with E-state index < -0.39 is 0 Å². The average molecular weight is 453 g/mol. The number of aromatic nitrogens is 1. The highest BCUT2D eigenvalue weighted by atomic mass is 16.5. The summed E-state index contributed by atoms with van der Waals surface area (Å²) in [5.74, 6) is 0.246. The Kier molecular flexibility index (Phi) is 5.87. The van der Waals surface area contributed by atoms with E-state index >= 15 is 0 Å². The van der Waals surface area contributed by atoms with Crippen LogP contribution in [0.25, 0.3) is 33.0 Å². The zero-order valence-electron chi connectivity index (χ0n) is 18.7. The smallest absolute Gasteiger partial charge is 0.258 e. The summed E-state index contributed by atoms with van der Waals surface area (Å²) in [4.78, 5) is 28.5. The van der Waals surface area contributed by atoms with E-state index in [9.17, 15) is 9.59 Å². The van der Waals surface area contributed by atoms with Crippen molar-refractivity contribution in [1.82, 2.24) is 10.3 Å². The van der Waals surface area contributed by atoms with E-state index in [4.69, 9.17) is 9.15 Å². The predicted molar refractivity (Wildman–Crippen MR) is 133 cm³/mol. The average Bonchev–Trinajstić information content (AvgIpc) is 3.26. The molecule has 0 unspecified atom stereocenters. The van der Waals surface area contributed by atoms with Crippen LogP contribution in [-0.4, -0.2) is 23.5 Å². The van der Waals surface area contributed by atoms with Crippen molar-refractivity contribution < 1.29 is 13.9 Å². The van der Waals surface area contributed by atoms with E-state index in [1.807, 2.05) is 61.7 Å². The van der Waals surface area contributed by atoms with Crippen molar-refractivity contribution in [1.29, 1.82) is 0 Å². The first-order valence-corrected chi connectivity index (χ1v) is 11.2. The topological polar surface area (TPSA) is 84.3 Å². The van der Waals surface area contributed by atoms with Gasteiger partial charge in [0.05, 0.1) is 10.9 Å². The van der Waals surface area contributed by atoms with Crippen molar-refractivity contribution >= 4 is 27.8 Å². The maximum atomic E-state index is 12.9. The van der Waals surface area contributed by atoms with Gasteiger partial charge in [0.15, 0.2) is 12.0 Å². The summed E-state index contributed by atoms with van der Waals surface area (Å²) in [6.07, 6.45) is 4.15. The van der Waals surface area contributed by atoms with Crippen molar-refractivity contribution in [2.75, 3.05) is 6.61 Å². The summed E-state index contributed by atoms with van der Waals surface area (Å²) >= 11 is 0. The number of rotatable bonds is 7. The molecule has 0 saturated carbocycles. The molecular weight excluding hydrogens is 428 g/mol. The number of carbonyl (C=O) groups excluding carboxylic acids is 1. The molecule has 5 aromatic rings. The van der Waals surface area contributed by atoms with E-state index in [1.54, 1.807) is 18.2 Å². The number of ether oxygens (including phenoxy) is 1. The molecule has 6 heteroatoms. The quantitative estimate of drug-likeness (QED) is 0.361. The largest absolute Gasteiger partial charge is 0.484 e. The summed E-state index contributed by atoms with van der Waals surface area (Å²) in [5, 5.41) is 4.60. The molecule has 0 bridgehead atoms. The molecule has 1 atom stereocenters. The third-order valence-corrected chi connectivity index (χ3v) is 5.81. The number of carbonyl (C=O) groups is 1. The van der Waals surface area contributed by atoms with Crippen LogP contribution in [0.3, 0.4) is 0 Å². The molecule has 34 heavy (non-hydrogen) atoms. The van der Waals surface area contributed by atoms with Crippen LogP contribution in [0.1, 0.15) is 12.5 Å². The first kappa shape index (κ1) is 21.5. The molecule has 3 aromatic carbocycles. The minimum absolute atomic E-state index is 0.0543. The number of nitrogens with one attached hydrogen (secondary N) is 2. The number of H-pyrrole nitrogens is 1. The SMILES string of the molecule is C[C@H](Cc1c[nH]c2ccccc12)NC(=O)COc1ccc2c(=O)c(-c3ccccc3)coc2c1. The normalized spacial score (nSPS) is 12.0. The lowest BCUT2D eigenvalue weighted by Crippen LogP contribution is -2.37. The van der Waals surface area contributed by atoms with Crippen LogP contribution in [-0.2, 0) is 11.2 Å². The molecule has 0 aliphatic rings. The first-order valence-electron chi connectivity index (χ1n) is 11.2. The molecule has 0 spiro atoms. The van der Waals surface area contributed by atoms with Gasteiger partial charge in [-0.2, -0.15) is 0 Å². The molecule has 2 N–H and O–H groups in total. The van der Waals surface area contributed by atoms with Crippen molar-refractivity contribution in [3.8, 4) is 16.9 Å². The third-order valence-electron chi connectivity index (χ3n) is 5.81. The van der Waals surface area contributed by atoms with Crippen LogP contribution in [0, 0.1) is 0 Å². The van der Waals surface area contributed by atoms with Gasteiger partial charge >= 0.3 is 0 Å². The van der Waals surface area contributed by atoms with E-state index in [0.717, 1.165) is 22.0 Å². The van der Waals surface area contributed by atoms with E-state index in [2.05, 4.69) is 16.4 Å². The van der Waals surface area contributed by atoms with Gasteiger partial charge in [-0.15, -0.1) is 0 Å². The van der Waals surface area contributed by atoms with Crippen molar-refractivity contribution in [3.05, 3.63) is 101 Å². The number of benzene rings is 3. The van der Waals surface area contributed by atoms with Gasteiger partial charge in [0.2, 0.25) is 0 Å². The van der Waals surface area contributed by atoms with Gasteiger partial charge in [-0.3, -0.25) is 9.59 Å². The standard InChI is InChI=1S/C28H24N2O4/c1-18(13-20-15-29-25-10-6-5-9-22(20)25)30-27(31)17-33-21-11-12-23-26(14-21)34-16-24(28(23)32)19-7-3-2-4-8-19/h2-12,14-16,18,29H,13,17H2,1H3,(H,30,31)/t18-/m1/s1. The van der Waals surface area contributed by atoms with Crippen LogP contribution in [0.15, 0.2) is 94.5 Å². The Morgan fingerprint density at radius 2 is 1.82 bits per heavy atom. The monoisotopic (exact) mass is 452 g/mol. The molecule has 0 saturated heterocycles. The molecule has 6 nitrogen and oxygen atoms in total. The number of hydrogen-bond acceptors (Lipinski definition) is 4. The Morgan fingerprint density at radius 3 is 2.68 bits per heavy atom. The fourth-order valence-electron chi connectivity index (χ4n) is 4.16. The van der Waals surface area contributed by atoms with E-state index in [0.29, 0.717) is 28.7 Å². The van der Waals surface area contributed by atoms with Crippen LogP contribution in [0.5, 0.6) is 5.75 Å². The second kappa shape index (κ2) is 9.27. The van der Waals surface area contributed by atoms with Crippen LogP contribution >= 0.6 is 0 Å². The highest BCUT2D eigenvalue weighted by molar-refractivity contribution is 5.84. The zero-order valence-corrected chi connectivity index (χ0v) is 18.7. The minimum atomic E-state index is -0.215. The van der Waals surface area contributed by atoms with Crippen LogP contribution in [0.4, 0.5) is 0 Å². The van der Waals surface area contributed by atoms with Gasteiger partial charge in [0, 0.05) is 29.2 Å². The van der Waals surface area contributed by atoms with Gasteiger partial charge < -0.3 is 19.5 Å². The lowest BCUT2D eigenvalue weighted by molar-refractivity contribution is -0.123. The summed E-state index contributed by atoms with van der Waals surface area (Å²) in [6, 6.07) is 22.4. The molecule has 0 aliphatic heterocycles. The molecule has 1 amide bonds. The zero-order chi connectivity index (χ0) is 23.5. The fourth-order valence-corrected chi connectivity index (χ4v) is 4.16. The maximum absolute atomic E-state index is 12.9. The number of para-hydroxylation sites is 1. The summed E-state index contributed by atoms with van der Waals surface area (Å²) < 4.78 is 11.4. The van der Waals surface area contributed by atoms with Crippen LogP contribution < -0.4 is 15.5 Å². The molecule has 0 radical (unpaired) electrons. The Hall–Kier alpha value is -4.32. The number of amides is 1. The highest BCUT2D eigenvalue weighted by Gasteiger charge is 2.13. The summed E-state index contributed by atoms with van der Waals surface area (Å²) in [7, 11) is 0. The number of aromatic amines is 1. The van der Waals surface area contributed by atoms with Gasteiger partial charge in [0.25, 0.3) is 5.91 Å². The van der Waals surface area contributed by atoms with Gasteiger partial charge in [-0.05, 0) is 42.7 Å². The minimum Gasteiger partial charge on any atom is -0.484 e. The predicted octanol–water partition coefficient (Wildman–Crippen LogP) is 5.07. The Morgan fingerprint density at radius 1 is 1.03 bits per heavy atom. The molecule has 2 heterocycles. The van der Waals surface area contributed by atoms with Gasteiger partial charge in [-0.25, -0.2) is 0 Å². The Balaban J connectivity index is 1.22. The lowest BCUT2D eigenvalue weighted by Gasteiger charge is -2.14. The second-order valence-corrected chi connectivity index (χ2v) is 8.32. The lowest BCUT2D eigenvalue weighted by atomic mass is 10.1. The van der Waals surface area contributed by atoms with Crippen LogP contribution in [0.2, 0.25) is 0 Å². The van der Waals surface area contributed by atoms with E-state index in [1.165, 1.54) is 6.26 Å². The maximum Gasteiger partial charge on any atom is 0.258 e. The van der Waals surface area contributed by atoms with Gasteiger partial charge in [0.1, 0.15) is 17.6 Å². The molecular formula is C28H24N2O4. The first-order chi connectivity index (χ1) is 16.6. The molecule has 0 aliphatic carbocycles. The summed E-state index contributed by atoms with van der Waals surface area (Å²) in [6.45, 7) is 1.84. The number of hydrogen-bond donors (Lipinski definition) is 2. The Labute approximate surface area is 196 Å². The summed E-state index contributed by atoms with van der Waals surface area (Å²) in [5.41, 5.74) is 3.85. The number of fused-ring (bicyclic) bond motifs is 2. The molecule has 170 valence electrons. The van der Waals surface area contributed by atoms with Gasteiger partial charge in [-0.1, -0.05) is 48.5 Å². The fraction of sp³-hybridized carbons (Fsp3) is 0.143. The van der Waals surface area contributed by atoms with E-state index in [-0.39, 0.29) is 24.0 Å². The molecule has 5 rings (SSSR count). The second-order valence-electron chi connectivity index (χ2n) is 8.32. The molecule has 0 fully saturated rings. The molecule has 2 aromatic heterocycles. The van der Waals surface area contributed by atoms with Crippen molar-refractivity contribution in [2.24, 2.45) is 0 Å². The third kappa shape index (κ3) is 4.43. The van der Waals surface area contributed by atoms with Crippen molar-refractivity contribution in [3.63, 3.8) is 0 Å². The highest BCUT2D eigenvalue weighted by Crippen LogP contribution is 2.23.